The smallest absolute Gasteiger partial charge is 0.248 e. The van der Waals surface area contributed by atoms with Crippen LogP contribution in [0.1, 0.15) is 74.2 Å². The Labute approximate surface area is 197 Å². The Bertz CT molecular complexity index is 1160. The zero-order valence-electron chi connectivity index (χ0n) is 20.4. The third-order valence-corrected chi connectivity index (χ3v) is 5.61. The number of rotatable bonds is 5. The van der Waals surface area contributed by atoms with E-state index in [1.165, 1.54) is 17.2 Å². The van der Waals surface area contributed by atoms with Gasteiger partial charge in [0.25, 0.3) is 0 Å². The fraction of sp³-hybridized carbons (Fsp3) is 0.267. The van der Waals surface area contributed by atoms with Gasteiger partial charge in [-0.2, -0.15) is 0 Å². The Kier molecular flexibility index (Phi) is 7.02. The van der Waals surface area contributed by atoms with Gasteiger partial charge in [-0.1, -0.05) is 102 Å². The van der Waals surface area contributed by atoms with E-state index in [9.17, 15) is 9.59 Å². The van der Waals surface area contributed by atoms with Crippen LogP contribution in [-0.2, 0) is 15.6 Å². The van der Waals surface area contributed by atoms with E-state index in [-0.39, 0.29) is 22.5 Å². The number of hydrogen-bond donors (Lipinski definition) is 1. The van der Waals surface area contributed by atoms with E-state index in [1.54, 1.807) is 30.3 Å². The maximum absolute atomic E-state index is 12.9. The Balaban J connectivity index is 1.67. The van der Waals surface area contributed by atoms with Gasteiger partial charge in [-0.05, 0) is 45.7 Å². The number of ketones is 1. The van der Waals surface area contributed by atoms with Gasteiger partial charge in [-0.25, -0.2) is 0 Å². The molecule has 3 rings (SSSR count). The minimum Gasteiger partial charge on any atom is -0.322 e. The molecule has 0 spiro atoms. The molecule has 0 aliphatic heterocycles. The molecule has 0 saturated heterocycles. The van der Waals surface area contributed by atoms with E-state index in [0.717, 1.165) is 5.56 Å². The number of anilines is 1. The molecule has 1 N–H and O–H groups in total. The van der Waals surface area contributed by atoms with Gasteiger partial charge < -0.3 is 5.32 Å². The highest BCUT2D eigenvalue weighted by Gasteiger charge is 2.15. The lowest BCUT2D eigenvalue weighted by Crippen LogP contribution is -2.12. The largest absolute Gasteiger partial charge is 0.322 e. The molecule has 33 heavy (non-hydrogen) atoms. The molecule has 0 radical (unpaired) electrons. The van der Waals surface area contributed by atoms with Crippen LogP contribution in [0.3, 0.4) is 0 Å². The molecular formula is C30H33NO2. The van der Waals surface area contributed by atoms with Crippen LogP contribution in [0.5, 0.6) is 0 Å². The molecular weight excluding hydrogens is 406 g/mol. The van der Waals surface area contributed by atoms with Crippen molar-refractivity contribution in [2.45, 2.75) is 52.4 Å². The Morgan fingerprint density at radius 1 is 0.697 bits per heavy atom. The van der Waals surface area contributed by atoms with Crippen LogP contribution in [0.4, 0.5) is 5.69 Å². The van der Waals surface area contributed by atoms with Crippen molar-refractivity contribution in [3.63, 3.8) is 0 Å². The average molecular weight is 440 g/mol. The summed E-state index contributed by atoms with van der Waals surface area (Å²) in [6, 6.07) is 22.9. The van der Waals surface area contributed by atoms with Gasteiger partial charge in [0.05, 0.1) is 0 Å². The zero-order valence-corrected chi connectivity index (χ0v) is 20.4. The van der Waals surface area contributed by atoms with Crippen molar-refractivity contribution >= 4 is 23.5 Å². The summed E-state index contributed by atoms with van der Waals surface area (Å²) in [7, 11) is 0. The van der Waals surface area contributed by atoms with Gasteiger partial charge in [-0.15, -0.1) is 0 Å². The SMILES string of the molecule is CC(C)(C)c1ccc(/C=C/C(=O)Nc2cccc(C(=O)c3ccc(C(C)(C)C)cc3)c2)cc1. The van der Waals surface area contributed by atoms with Gasteiger partial charge in [0.2, 0.25) is 5.91 Å². The topological polar surface area (TPSA) is 46.2 Å². The van der Waals surface area contributed by atoms with Crippen LogP contribution in [0.2, 0.25) is 0 Å². The Morgan fingerprint density at radius 3 is 1.79 bits per heavy atom. The van der Waals surface area contributed by atoms with Gasteiger partial charge in [-0.3, -0.25) is 9.59 Å². The van der Waals surface area contributed by atoms with Crippen molar-refractivity contribution in [2.75, 3.05) is 5.32 Å². The Morgan fingerprint density at radius 2 is 1.24 bits per heavy atom. The second-order valence-electron chi connectivity index (χ2n) is 10.4. The van der Waals surface area contributed by atoms with Crippen molar-refractivity contribution in [3.8, 4) is 0 Å². The first-order valence-corrected chi connectivity index (χ1v) is 11.3. The van der Waals surface area contributed by atoms with Crippen molar-refractivity contribution in [2.24, 2.45) is 0 Å². The summed E-state index contributed by atoms with van der Waals surface area (Å²) in [6.07, 6.45) is 3.29. The molecule has 170 valence electrons. The van der Waals surface area contributed by atoms with Crippen molar-refractivity contribution in [3.05, 3.63) is 107 Å². The van der Waals surface area contributed by atoms with E-state index in [2.05, 4.69) is 59.0 Å². The maximum atomic E-state index is 12.9. The highest BCUT2D eigenvalue weighted by atomic mass is 16.1. The van der Waals surface area contributed by atoms with Gasteiger partial charge >= 0.3 is 0 Å². The molecule has 0 heterocycles. The fourth-order valence-corrected chi connectivity index (χ4v) is 3.48. The van der Waals surface area contributed by atoms with Crippen molar-refractivity contribution in [1.29, 1.82) is 0 Å². The quantitative estimate of drug-likeness (QED) is 0.338. The first-order chi connectivity index (χ1) is 15.4. The van der Waals surface area contributed by atoms with Gasteiger partial charge in [0, 0.05) is 22.9 Å². The van der Waals surface area contributed by atoms with Crippen LogP contribution in [-0.4, -0.2) is 11.7 Å². The standard InChI is InChI=1S/C30H33NO2/c1-29(2,3)24-15-10-21(11-16-24)12-19-27(32)31-26-9-7-8-23(20-26)28(33)22-13-17-25(18-14-22)30(4,5)6/h7-20H,1-6H3,(H,31,32)/b19-12+. The van der Waals surface area contributed by atoms with E-state index in [1.807, 2.05) is 36.4 Å². The summed E-state index contributed by atoms with van der Waals surface area (Å²) in [4.78, 5) is 25.3. The lowest BCUT2D eigenvalue weighted by Gasteiger charge is -2.19. The van der Waals surface area contributed by atoms with Crippen LogP contribution in [0.25, 0.3) is 6.08 Å². The molecule has 3 heteroatoms. The molecule has 0 aromatic heterocycles. The summed E-state index contributed by atoms with van der Waals surface area (Å²) in [6.45, 7) is 12.9. The van der Waals surface area contributed by atoms with Gasteiger partial charge in [0.1, 0.15) is 0 Å². The van der Waals surface area contributed by atoms with Crippen LogP contribution < -0.4 is 5.32 Å². The summed E-state index contributed by atoms with van der Waals surface area (Å²) in [5.74, 6) is -0.310. The van der Waals surface area contributed by atoms with Crippen LogP contribution in [0.15, 0.2) is 78.9 Å². The zero-order chi connectivity index (χ0) is 24.2. The number of amides is 1. The predicted molar refractivity (Wildman–Crippen MR) is 138 cm³/mol. The second-order valence-corrected chi connectivity index (χ2v) is 10.4. The lowest BCUT2D eigenvalue weighted by atomic mass is 9.86. The maximum Gasteiger partial charge on any atom is 0.248 e. The normalized spacial score (nSPS) is 12.1. The number of carbonyl (C=O) groups excluding carboxylic acids is 2. The van der Waals surface area contributed by atoms with Crippen LogP contribution >= 0.6 is 0 Å². The predicted octanol–water partition coefficient (Wildman–Crippen LogP) is 7.16. The highest BCUT2D eigenvalue weighted by molar-refractivity contribution is 6.10. The van der Waals surface area contributed by atoms with Gasteiger partial charge in [0.15, 0.2) is 5.78 Å². The fourth-order valence-electron chi connectivity index (χ4n) is 3.48. The number of hydrogen-bond acceptors (Lipinski definition) is 2. The highest BCUT2D eigenvalue weighted by Crippen LogP contribution is 2.24. The monoisotopic (exact) mass is 439 g/mol. The molecule has 3 nitrogen and oxygen atoms in total. The summed E-state index contributed by atoms with van der Waals surface area (Å²) in [5, 5.41) is 2.85. The second kappa shape index (κ2) is 9.58. The molecule has 0 fully saturated rings. The molecule has 3 aromatic rings. The van der Waals surface area contributed by atoms with E-state index >= 15 is 0 Å². The van der Waals surface area contributed by atoms with Crippen LogP contribution in [0, 0.1) is 0 Å². The van der Waals surface area contributed by atoms with E-state index < -0.39 is 0 Å². The first kappa shape index (κ1) is 24.2. The summed E-state index contributed by atoms with van der Waals surface area (Å²) in [5.41, 5.74) is 5.28. The minimum atomic E-state index is -0.242. The minimum absolute atomic E-state index is 0.0356. The van der Waals surface area contributed by atoms with E-state index in [4.69, 9.17) is 0 Å². The molecule has 0 unspecified atom stereocenters. The molecule has 0 aliphatic rings. The third kappa shape index (κ3) is 6.52. The molecule has 3 aromatic carbocycles. The third-order valence-electron chi connectivity index (χ3n) is 5.61. The molecule has 0 saturated carbocycles. The summed E-state index contributed by atoms with van der Waals surface area (Å²) >= 11 is 0. The molecule has 0 atom stereocenters. The average Bonchev–Trinajstić information content (AvgIpc) is 2.76. The number of nitrogens with one attached hydrogen (secondary N) is 1. The number of carbonyl (C=O) groups is 2. The van der Waals surface area contributed by atoms with Crippen molar-refractivity contribution < 1.29 is 9.59 Å². The summed E-state index contributed by atoms with van der Waals surface area (Å²) < 4.78 is 0. The molecule has 1 amide bonds. The lowest BCUT2D eigenvalue weighted by molar-refractivity contribution is -0.111. The van der Waals surface area contributed by atoms with E-state index in [0.29, 0.717) is 16.8 Å². The Hall–Kier alpha value is -3.46. The van der Waals surface area contributed by atoms with Crippen molar-refractivity contribution in [1.82, 2.24) is 0 Å². The molecule has 0 aliphatic carbocycles. The molecule has 0 bridgehead atoms. The number of benzene rings is 3. The first-order valence-electron chi connectivity index (χ1n) is 11.3.